The van der Waals surface area contributed by atoms with E-state index < -0.39 is 10.0 Å². The fourth-order valence-corrected chi connectivity index (χ4v) is 5.40. The van der Waals surface area contributed by atoms with Crippen molar-refractivity contribution >= 4 is 21.8 Å². The zero-order chi connectivity index (χ0) is 22.6. The Kier molecular flexibility index (Phi) is 7.12. The lowest BCUT2D eigenvalue weighted by Gasteiger charge is -2.34. The molecule has 0 aromatic heterocycles. The van der Waals surface area contributed by atoms with E-state index in [1.807, 2.05) is 38.1 Å². The topological polar surface area (TPSA) is 86.8 Å². The lowest BCUT2D eigenvalue weighted by molar-refractivity contribution is -0.132. The zero-order valence-corrected chi connectivity index (χ0v) is 19.0. The van der Waals surface area contributed by atoms with E-state index in [0.29, 0.717) is 29.1 Å². The second kappa shape index (κ2) is 9.62. The Labute approximate surface area is 184 Å². The van der Waals surface area contributed by atoms with Gasteiger partial charge in [-0.05, 0) is 49.6 Å². The summed E-state index contributed by atoms with van der Waals surface area (Å²) in [5.41, 5.74) is 3.09. The number of carbonyl (C=O) groups is 2. The van der Waals surface area contributed by atoms with Crippen LogP contribution < -0.4 is 5.32 Å². The molecule has 0 unspecified atom stereocenters. The fourth-order valence-electron chi connectivity index (χ4n) is 3.67. The molecule has 0 spiro atoms. The molecule has 2 aromatic rings. The number of carbonyl (C=O) groups excluding carboxylic acids is 2. The van der Waals surface area contributed by atoms with Crippen LogP contribution in [0, 0.1) is 20.8 Å². The molecule has 1 aliphatic heterocycles. The molecule has 0 aliphatic carbocycles. The molecule has 3 rings (SSSR count). The molecule has 1 heterocycles. The molecule has 0 atom stereocenters. The molecule has 1 fully saturated rings. The second-order valence-corrected chi connectivity index (χ2v) is 9.78. The second-order valence-electron chi connectivity index (χ2n) is 7.87. The first-order valence-electron chi connectivity index (χ1n) is 10.4. The summed E-state index contributed by atoms with van der Waals surface area (Å²) in [6.45, 7) is 6.97. The first-order chi connectivity index (χ1) is 14.7. The summed E-state index contributed by atoms with van der Waals surface area (Å²) in [4.78, 5) is 26.8. The molecule has 7 nitrogen and oxygen atoms in total. The number of benzene rings is 2. The maximum absolute atomic E-state index is 13.0. The molecule has 1 N–H and O–H groups in total. The largest absolute Gasteiger partial charge is 0.352 e. The van der Waals surface area contributed by atoms with Gasteiger partial charge in [0.05, 0.1) is 4.90 Å². The summed E-state index contributed by atoms with van der Waals surface area (Å²) in [6, 6.07) is 12.7. The normalized spacial score (nSPS) is 15.0. The molecular formula is C23H29N3O4S. The maximum Gasteiger partial charge on any atom is 0.251 e. The van der Waals surface area contributed by atoms with E-state index in [4.69, 9.17) is 0 Å². The van der Waals surface area contributed by atoms with Gasteiger partial charge < -0.3 is 10.2 Å². The van der Waals surface area contributed by atoms with Crippen LogP contribution in [0.3, 0.4) is 0 Å². The Balaban J connectivity index is 1.51. The van der Waals surface area contributed by atoms with Crippen LogP contribution in [0.1, 0.15) is 33.5 Å². The summed E-state index contributed by atoms with van der Waals surface area (Å²) in [7, 11) is -3.59. The molecule has 2 aromatic carbocycles. The van der Waals surface area contributed by atoms with Gasteiger partial charge in [-0.3, -0.25) is 9.59 Å². The summed E-state index contributed by atoms with van der Waals surface area (Å²) >= 11 is 0. The van der Waals surface area contributed by atoms with Crippen LogP contribution in [0.4, 0.5) is 0 Å². The number of rotatable bonds is 6. The van der Waals surface area contributed by atoms with Gasteiger partial charge in [0.1, 0.15) is 0 Å². The predicted octanol–water partition coefficient (Wildman–Crippen LogP) is 2.26. The standard InChI is InChI=1S/C23H29N3O4S/c1-17-8-9-19(3)21(16-17)31(29,30)26-14-12-25(13-15-26)22(27)10-11-24-23(28)20-7-5-4-6-18(20)2/h4-9,16H,10-15H2,1-3H3,(H,24,28). The number of aryl methyl sites for hydroxylation is 3. The van der Waals surface area contributed by atoms with Crippen molar-refractivity contribution in [1.82, 2.24) is 14.5 Å². The van der Waals surface area contributed by atoms with E-state index in [1.165, 1.54) is 4.31 Å². The van der Waals surface area contributed by atoms with Crippen LogP contribution in [0.15, 0.2) is 47.4 Å². The zero-order valence-electron chi connectivity index (χ0n) is 18.2. The highest BCUT2D eigenvalue weighted by molar-refractivity contribution is 7.89. The minimum atomic E-state index is -3.59. The minimum Gasteiger partial charge on any atom is -0.352 e. The van der Waals surface area contributed by atoms with Crippen molar-refractivity contribution in [2.75, 3.05) is 32.7 Å². The van der Waals surface area contributed by atoms with Gasteiger partial charge in [0.25, 0.3) is 5.91 Å². The van der Waals surface area contributed by atoms with Gasteiger partial charge in [-0.25, -0.2) is 8.42 Å². The van der Waals surface area contributed by atoms with Crippen molar-refractivity contribution in [3.8, 4) is 0 Å². The average Bonchev–Trinajstić information content (AvgIpc) is 2.75. The molecule has 1 saturated heterocycles. The van der Waals surface area contributed by atoms with Gasteiger partial charge in [0.15, 0.2) is 0 Å². The number of piperazine rings is 1. The summed E-state index contributed by atoms with van der Waals surface area (Å²) in [5.74, 6) is -0.288. The van der Waals surface area contributed by atoms with Crippen LogP contribution in [0.25, 0.3) is 0 Å². The van der Waals surface area contributed by atoms with E-state index in [1.54, 1.807) is 30.0 Å². The highest BCUT2D eigenvalue weighted by Gasteiger charge is 2.31. The smallest absolute Gasteiger partial charge is 0.251 e. The molecule has 31 heavy (non-hydrogen) atoms. The third kappa shape index (κ3) is 5.32. The first kappa shape index (κ1) is 23.0. The average molecular weight is 444 g/mol. The van der Waals surface area contributed by atoms with E-state index in [9.17, 15) is 18.0 Å². The van der Waals surface area contributed by atoms with Crippen molar-refractivity contribution in [2.24, 2.45) is 0 Å². The van der Waals surface area contributed by atoms with Crippen LogP contribution in [0.5, 0.6) is 0 Å². The van der Waals surface area contributed by atoms with Crippen molar-refractivity contribution in [2.45, 2.75) is 32.1 Å². The molecule has 166 valence electrons. The van der Waals surface area contributed by atoms with Crippen molar-refractivity contribution in [3.05, 3.63) is 64.7 Å². The van der Waals surface area contributed by atoms with E-state index in [0.717, 1.165) is 11.1 Å². The molecule has 0 saturated carbocycles. The van der Waals surface area contributed by atoms with Crippen LogP contribution in [-0.2, 0) is 14.8 Å². The SMILES string of the molecule is Cc1ccc(C)c(S(=O)(=O)N2CCN(C(=O)CCNC(=O)c3ccccc3C)CC2)c1. The number of amides is 2. The molecule has 8 heteroatoms. The van der Waals surface area contributed by atoms with Crippen molar-refractivity contribution < 1.29 is 18.0 Å². The van der Waals surface area contributed by atoms with Gasteiger partial charge in [-0.1, -0.05) is 30.3 Å². The minimum absolute atomic E-state index is 0.0890. The number of hydrogen-bond acceptors (Lipinski definition) is 4. The maximum atomic E-state index is 13.0. The van der Waals surface area contributed by atoms with Gasteiger partial charge in [-0.15, -0.1) is 0 Å². The van der Waals surface area contributed by atoms with E-state index in [2.05, 4.69) is 5.32 Å². The molecular weight excluding hydrogens is 414 g/mol. The molecule has 2 amide bonds. The van der Waals surface area contributed by atoms with Crippen molar-refractivity contribution in [1.29, 1.82) is 0 Å². The van der Waals surface area contributed by atoms with Crippen LogP contribution >= 0.6 is 0 Å². The van der Waals surface area contributed by atoms with Gasteiger partial charge >= 0.3 is 0 Å². The Hall–Kier alpha value is -2.71. The van der Waals surface area contributed by atoms with Gasteiger partial charge in [0, 0.05) is 44.7 Å². The Morgan fingerprint density at radius 2 is 1.61 bits per heavy atom. The number of nitrogens with one attached hydrogen (secondary N) is 1. The highest BCUT2D eigenvalue weighted by atomic mass is 32.2. The molecule has 1 aliphatic rings. The first-order valence-corrected chi connectivity index (χ1v) is 11.8. The van der Waals surface area contributed by atoms with Crippen LogP contribution in [0.2, 0.25) is 0 Å². The fraction of sp³-hybridized carbons (Fsp3) is 0.391. The highest BCUT2D eigenvalue weighted by Crippen LogP contribution is 2.22. The Morgan fingerprint density at radius 1 is 0.935 bits per heavy atom. The lowest BCUT2D eigenvalue weighted by atomic mass is 10.1. The summed E-state index contributed by atoms with van der Waals surface area (Å²) in [6.07, 6.45) is 0.182. The summed E-state index contributed by atoms with van der Waals surface area (Å²) in [5, 5.41) is 2.78. The quantitative estimate of drug-likeness (QED) is 0.742. The lowest BCUT2D eigenvalue weighted by Crippen LogP contribution is -2.51. The number of sulfonamides is 1. The van der Waals surface area contributed by atoms with E-state index >= 15 is 0 Å². The Bertz CT molecular complexity index is 1070. The Morgan fingerprint density at radius 3 is 2.29 bits per heavy atom. The summed E-state index contributed by atoms with van der Waals surface area (Å²) < 4.78 is 27.5. The molecule has 0 bridgehead atoms. The third-order valence-corrected chi connectivity index (χ3v) is 7.61. The third-order valence-electron chi connectivity index (χ3n) is 5.57. The van der Waals surface area contributed by atoms with Crippen LogP contribution in [-0.4, -0.2) is 62.2 Å². The molecule has 0 radical (unpaired) electrons. The number of nitrogens with zero attached hydrogens (tertiary/aromatic N) is 2. The predicted molar refractivity (Wildman–Crippen MR) is 119 cm³/mol. The van der Waals surface area contributed by atoms with Gasteiger partial charge in [0.2, 0.25) is 15.9 Å². The number of hydrogen-bond donors (Lipinski definition) is 1. The van der Waals surface area contributed by atoms with Gasteiger partial charge in [-0.2, -0.15) is 4.31 Å². The van der Waals surface area contributed by atoms with E-state index in [-0.39, 0.29) is 37.9 Å². The monoisotopic (exact) mass is 443 g/mol. The van der Waals surface area contributed by atoms with Crippen molar-refractivity contribution in [3.63, 3.8) is 0 Å².